The molecule has 0 radical (unpaired) electrons. The van der Waals surface area contributed by atoms with Crippen molar-refractivity contribution in [2.75, 3.05) is 0 Å². The average molecular weight is 656 g/mol. The highest BCUT2D eigenvalue weighted by Crippen LogP contribution is 2.46. The Bertz CT molecular complexity index is 2340. The van der Waals surface area contributed by atoms with Crippen molar-refractivity contribution in [2.45, 2.75) is 54.4 Å². The molecule has 0 N–H and O–H groups in total. The maximum atomic E-state index is 6.62. The first kappa shape index (κ1) is 35.7. The molecule has 2 heterocycles. The summed E-state index contributed by atoms with van der Waals surface area (Å²) in [5.41, 5.74) is 11.4. The van der Waals surface area contributed by atoms with Crippen molar-refractivity contribution in [3.63, 3.8) is 0 Å². The zero-order valence-corrected chi connectivity index (χ0v) is 30.5. The third-order valence-corrected chi connectivity index (χ3v) is 8.93. The van der Waals surface area contributed by atoms with Gasteiger partial charge in [0.25, 0.3) is 0 Å². The number of rotatable bonds is 13. The van der Waals surface area contributed by atoms with Gasteiger partial charge in [0.1, 0.15) is 11.2 Å². The van der Waals surface area contributed by atoms with Crippen LogP contribution >= 0.6 is 0 Å². The summed E-state index contributed by atoms with van der Waals surface area (Å²) in [6, 6.07) is 17.0. The van der Waals surface area contributed by atoms with Crippen LogP contribution in [0, 0.1) is 0 Å². The van der Waals surface area contributed by atoms with Gasteiger partial charge in [-0.3, -0.25) is 0 Å². The summed E-state index contributed by atoms with van der Waals surface area (Å²) >= 11 is 0. The molecule has 0 amide bonds. The van der Waals surface area contributed by atoms with E-state index in [4.69, 9.17) is 4.42 Å². The molecule has 0 fully saturated rings. The molecule has 5 rings (SSSR count). The molecule has 0 unspecified atom stereocenters. The fraction of sp³-hybridized carbons (Fsp3) is 0.167. The quantitative estimate of drug-likeness (QED) is 0.115. The highest BCUT2D eigenvalue weighted by Gasteiger charge is 2.24. The molecule has 0 saturated carbocycles. The van der Waals surface area contributed by atoms with Crippen molar-refractivity contribution in [1.82, 2.24) is 4.57 Å². The van der Waals surface area contributed by atoms with Crippen LogP contribution in [0.2, 0.25) is 0 Å². The molecular formula is C48H49NO. The topological polar surface area (TPSA) is 18.1 Å². The van der Waals surface area contributed by atoms with E-state index in [2.05, 4.69) is 174 Å². The molecule has 0 aliphatic carbocycles. The first-order valence-electron chi connectivity index (χ1n) is 17.6. The summed E-state index contributed by atoms with van der Waals surface area (Å²) < 4.78 is 9.03. The van der Waals surface area contributed by atoms with Gasteiger partial charge in [-0.05, 0) is 87.1 Å². The van der Waals surface area contributed by atoms with E-state index in [1.165, 1.54) is 5.57 Å². The van der Waals surface area contributed by atoms with Crippen molar-refractivity contribution in [1.29, 1.82) is 0 Å². The van der Waals surface area contributed by atoms with Gasteiger partial charge in [0.2, 0.25) is 0 Å². The Morgan fingerprint density at radius 3 is 2.26 bits per heavy atom. The Morgan fingerprint density at radius 2 is 1.54 bits per heavy atom. The maximum absolute atomic E-state index is 6.62. The third-order valence-electron chi connectivity index (χ3n) is 8.93. The van der Waals surface area contributed by atoms with Gasteiger partial charge >= 0.3 is 0 Å². The van der Waals surface area contributed by atoms with Gasteiger partial charge in [-0.15, -0.1) is 0 Å². The number of hydrogen-bond donors (Lipinski definition) is 0. The van der Waals surface area contributed by atoms with Gasteiger partial charge in [0.05, 0.1) is 11.0 Å². The Kier molecular flexibility index (Phi) is 11.9. The zero-order chi connectivity index (χ0) is 35.6. The van der Waals surface area contributed by atoms with Crippen LogP contribution in [0.1, 0.15) is 65.5 Å². The fourth-order valence-electron chi connectivity index (χ4n) is 6.46. The summed E-state index contributed by atoms with van der Waals surface area (Å²) in [5, 5.41) is 4.53. The number of fused-ring (bicyclic) bond motifs is 7. The second-order valence-electron chi connectivity index (χ2n) is 12.4. The molecule has 2 heteroatoms. The van der Waals surface area contributed by atoms with Crippen LogP contribution < -0.4 is 0 Å². The summed E-state index contributed by atoms with van der Waals surface area (Å²) in [5.74, 6) is 0. The lowest BCUT2D eigenvalue weighted by Crippen LogP contribution is -2.00. The van der Waals surface area contributed by atoms with Crippen molar-refractivity contribution in [2.24, 2.45) is 0 Å². The molecule has 0 aliphatic heterocycles. The molecule has 5 aromatic rings. The third kappa shape index (κ3) is 7.21. The van der Waals surface area contributed by atoms with Gasteiger partial charge in [0.15, 0.2) is 0 Å². The summed E-state index contributed by atoms with van der Waals surface area (Å²) in [6.45, 7) is 21.7. The molecule has 50 heavy (non-hydrogen) atoms. The summed E-state index contributed by atoms with van der Waals surface area (Å²) in [7, 11) is 0. The van der Waals surface area contributed by atoms with E-state index < -0.39 is 0 Å². The van der Waals surface area contributed by atoms with Gasteiger partial charge in [-0.2, -0.15) is 0 Å². The van der Waals surface area contributed by atoms with E-state index in [0.29, 0.717) is 0 Å². The van der Waals surface area contributed by atoms with Crippen LogP contribution in [0.3, 0.4) is 0 Å². The van der Waals surface area contributed by atoms with Gasteiger partial charge in [0, 0.05) is 38.4 Å². The minimum Gasteiger partial charge on any atom is -0.455 e. The van der Waals surface area contributed by atoms with E-state index in [1.54, 1.807) is 0 Å². The molecule has 0 bridgehead atoms. The molecule has 0 aliphatic rings. The second kappa shape index (κ2) is 16.7. The van der Waals surface area contributed by atoms with Gasteiger partial charge in [-0.1, -0.05) is 142 Å². The first-order valence-corrected chi connectivity index (χ1v) is 17.6. The van der Waals surface area contributed by atoms with Gasteiger partial charge < -0.3 is 8.98 Å². The van der Waals surface area contributed by atoms with Crippen molar-refractivity contribution in [3.8, 4) is 0 Å². The van der Waals surface area contributed by atoms with Crippen LogP contribution in [0.15, 0.2) is 167 Å². The largest absolute Gasteiger partial charge is 0.455 e. The Labute approximate surface area is 298 Å². The predicted molar refractivity (Wildman–Crippen MR) is 223 cm³/mol. The Hall–Kier alpha value is -5.60. The molecule has 252 valence electrons. The standard InChI is InChI=1S/C48H49NO/c1-9-14-16-17-19-26-34(6)35(7)32-38(33-36(8)37(24-11-3)27-18-15-10-2)49-43-30-22-20-28-41(43)45-46-42-29-21-23-31-44(42)50-48(46)39(13-5)40(25-12-4)47(45)49/h10,12-33H,5,8-9,11H2,1-4,6-7H3/b15-10-,16-14+,19-17-,25-12-,27-18-,34-26+,35-32+,37-24-,38-33+. The van der Waals surface area contributed by atoms with Crippen molar-refractivity contribution in [3.05, 3.63) is 174 Å². The van der Waals surface area contributed by atoms with Gasteiger partial charge in [-0.25, -0.2) is 0 Å². The highest BCUT2D eigenvalue weighted by atomic mass is 16.3. The van der Waals surface area contributed by atoms with Crippen molar-refractivity contribution >= 4 is 61.6 Å². The molecule has 0 spiro atoms. The van der Waals surface area contributed by atoms with E-state index in [-0.39, 0.29) is 0 Å². The number of allylic oxidation sites excluding steroid dienone is 18. The lowest BCUT2D eigenvalue weighted by Gasteiger charge is -2.16. The van der Waals surface area contributed by atoms with Crippen molar-refractivity contribution < 1.29 is 4.42 Å². The van der Waals surface area contributed by atoms with E-state index in [1.807, 2.05) is 25.1 Å². The smallest absolute Gasteiger partial charge is 0.144 e. The monoisotopic (exact) mass is 655 g/mol. The first-order chi connectivity index (χ1) is 24.4. The molecule has 0 atom stereocenters. The maximum Gasteiger partial charge on any atom is 0.144 e. The Morgan fingerprint density at radius 1 is 0.780 bits per heavy atom. The van der Waals surface area contributed by atoms with E-state index >= 15 is 0 Å². The molecule has 2 aromatic heterocycles. The number of para-hydroxylation sites is 2. The summed E-state index contributed by atoms with van der Waals surface area (Å²) in [6.07, 6.45) is 33.8. The number of aromatic nitrogens is 1. The lowest BCUT2D eigenvalue weighted by atomic mass is 9.96. The Balaban J connectivity index is 1.95. The van der Waals surface area contributed by atoms with E-state index in [9.17, 15) is 0 Å². The molecular weight excluding hydrogens is 607 g/mol. The zero-order valence-electron chi connectivity index (χ0n) is 30.5. The van der Waals surface area contributed by atoms with Crippen LogP contribution in [0.5, 0.6) is 0 Å². The highest BCUT2D eigenvalue weighted by molar-refractivity contribution is 6.30. The second-order valence-corrected chi connectivity index (χ2v) is 12.4. The minimum atomic E-state index is 0.858. The number of furan rings is 1. The molecule has 3 aromatic carbocycles. The molecule has 0 saturated heterocycles. The summed E-state index contributed by atoms with van der Waals surface area (Å²) in [4.78, 5) is 0. The average Bonchev–Trinajstić information content (AvgIpc) is 3.67. The van der Waals surface area contributed by atoms with Crippen LogP contribution in [0.25, 0.3) is 61.6 Å². The number of hydrogen-bond acceptors (Lipinski definition) is 1. The number of nitrogens with zero attached hydrogens (tertiary/aromatic N) is 1. The van der Waals surface area contributed by atoms with E-state index in [0.717, 1.165) is 90.1 Å². The number of benzene rings is 3. The normalized spacial score (nSPS) is 14.2. The SMILES string of the molecule is C=Cc1c(/C=C\C)c2c(c3ccccc3n2C(/C=C(C)/C(C)=C/C=C\C=C\CC)=C/C(=C)C(/C=C\C=C/C)=C\CC)c2c1oc1ccccc12. The van der Waals surface area contributed by atoms with Crippen LogP contribution in [-0.4, -0.2) is 4.57 Å². The van der Waals surface area contributed by atoms with Crippen LogP contribution in [-0.2, 0) is 0 Å². The van der Waals surface area contributed by atoms with Crippen LogP contribution in [0.4, 0.5) is 0 Å². The lowest BCUT2D eigenvalue weighted by molar-refractivity contribution is 0.668. The fourth-order valence-corrected chi connectivity index (χ4v) is 6.46. The predicted octanol–water partition coefficient (Wildman–Crippen LogP) is 14.7. The molecule has 2 nitrogen and oxygen atoms in total. The minimum absolute atomic E-state index is 0.858.